The van der Waals surface area contributed by atoms with Gasteiger partial charge in [0.25, 0.3) is 0 Å². The molecule has 106 valence electrons. The van der Waals surface area contributed by atoms with Gasteiger partial charge in [-0.05, 0) is 49.4 Å². The van der Waals surface area contributed by atoms with Crippen LogP contribution in [-0.2, 0) is 0 Å². The Hall–Kier alpha value is -1.06. The lowest BCUT2D eigenvalue weighted by Crippen LogP contribution is -2.43. The van der Waals surface area contributed by atoms with E-state index < -0.39 is 0 Å². The number of piperidine rings is 1. The van der Waals surface area contributed by atoms with Gasteiger partial charge in [-0.15, -0.1) is 0 Å². The topological polar surface area (TPSA) is 32.7 Å². The van der Waals surface area contributed by atoms with E-state index in [4.69, 9.17) is 4.74 Å². The number of aliphatic hydroxyl groups is 1. The maximum atomic E-state index is 9.70. The third-order valence-electron chi connectivity index (χ3n) is 3.82. The molecule has 19 heavy (non-hydrogen) atoms. The van der Waals surface area contributed by atoms with E-state index in [9.17, 15) is 5.11 Å². The highest BCUT2D eigenvalue weighted by molar-refractivity contribution is 5.32. The largest absolute Gasteiger partial charge is 0.492 e. The first-order valence-electron chi connectivity index (χ1n) is 7.16. The Morgan fingerprint density at radius 2 is 1.95 bits per heavy atom. The molecule has 3 nitrogen and oxygen atoms in total. The molecule has 1 heterocycles. The zero-order valence-corrected chi connectivity index (χ0v) is 12.2. The van der Waals surface area contributed by atoms with Crippen molar-refractivity contribution in [1.29, 1.82) is 0 Å². The monoisotopic (exact) mass is 263 g/mol. The van der Waals surface area contributed by atoms with Crippen LogP contribution in [0.5, 0.6) is 5.75 Å². The van der Waals surface area contributed by atoms with Crippen molar-refractivity contribution >= 4 is 0 Å². The molecule has 0 radical (unpaired) electrons. The predicted molar refractivity (Wildman–Crippen MR) is 77.6 cm³/mol. The van der Waals surface area contributed by atoms with Gasteiger partial charge in [0.05, 0.1) is 6.10 Å². The van der Waals surface area contributed by atoms with Crippen LogP contribution in [0.25, 0.3) is 0 Å². The van der Waals surface area contributed by atoms with E-state index in [1.165, 1.54) is 11.1 Å². The number of aliphatic hydroxyl groups excluding tert-OH is 1. The molecule has 0 aromatic heterocycles. The SMILES string of the molecule is Cc1cc(C)cc(OCCN2CCC(O)C(C)C2)c1. The van der Waals surface area contributed by atoms with Gasteiger partial charge in [-0.2, -0.15) is 0 Å². The summed E-state index contributed by atoms with van der Waals surface area (Å²) in [5.74, 6) is 1.33. The van der Waals surface area contributed by atoms with E-state index >= 15 is 0 Å². The lowest BCUT2D eigenvalue weighted by molar-refractivity contribution is 0.0304. The highest BCUT2D eigenvalue weighted by Gasteiger charge is 2.23. The first kappa shape index (κ1) is 14.4. The Bertz CT molecular complexity index is 399. The van der Waals surface area contributed by atoms with Gasteiger partial charge in [-0.3, -0.25) is 4.90 Å². The van der Waals surface area contributed by atoms with Gasteiger partial charge < -0.3 is 9.84 Å². The smallest absolute Gasteiger partial charge is 0.119 e. The number of likely N-dealkylation sites (tertiary alicyclic amines) is 1. The summed E-state index contributed by atoms with van der Waals surface area (Å²) in [5, 5.41) is 9.70. The van der Waals surface area contributed by atoms with E-state index in [1.54, 1.807) is 0 Å². The highest BCUT2D eigenvalue weighted by atomic mass is 16.5. The van der Waals surface area contributed by atoms with Gasteiger partial charge in [-0.1, -0.05) is 13.0 Å². The molecule has 1 aliphatic heterocycles. The van der Waals surface area contributed by atoms with Crippen LogP contribution in [0.3, 0.4) is 0 Å². The fourth-order valence-electron chi connectivity index (χ4n) is 2.73. The maximum absolute atomic E-state index is 9.70. The van der Waals surface area contributed by atoms with Crippen molar-refractivity contribution in [1.82, 2.24) is 4.90 Å². The molecule has 0 bridgehead atoms. The quantitative estimate of drug-likeness (QED) is 0.905. The number of aryl methyl sites for hydroxylation is 2. The summed E-state index contributed by atoms with van der Waals surface area (Å²) in [4.78, 5) is 2.38. The molecule has 3 heteroatoms. The minimum Gasteiger partial charge on any atom is -0.492 e. The number of nitrogens with zero attached hydrogens (tertiary/aromatic N) is 1. The molecular formula is C16H25NO2. The predicted octanol–water partition coefficient (Wildman–Crippen LogP) is 2.38. The van der Waals surface area contributed by atoms with Crippen LogP contribution in [0, 0.1) is 19.8 Å². The third-order valence-corrected chi connectivity index (χ3v) is 3.82. The summed E-state index contributed by atoms with van der Waals surface area (Å²) in [7, 11) is 0. The fourth-order valence-corrected chi connectivity index (χ4v) is 2.73. The number of hydrogen-bond donors (Lipinski definition) is 1. The molecule has 2 rings (SSSR count). The van der Waals surface area contributed by atoms with Crippen molar-refractivity contribution in [3.05, 3.63) is 29.3 Å². The number of rotatable bonds is 4. The third kappa shape index (κ3) is 4.22. The van der Waals surface area contributed by atoms with Gasteiger partial charge in [0.1, 0.15) is 12.4 Å². The van der Waals surface area contributed by atoms with Crippen LogP contribution in [0.15, 0.2) is 18.2 Å². The van der Waals surface area contributed by atoms with Gasteiger partial charge >= 0.3 is 0 Å². The molecule has 1 aliphatic rings. The van der Waals surface area contributed by atoms with Gasteiger partial charge in [0.15, 0.2) is 0 Å². The Morgan fingerprint density at radius 3 is 2.58 bits per heavy atom. The molecule has 0 aliphatic carbocycles. The Kier molecular flexibility index (Phi) is 4.83. The van der Waals surface area contributed by atoms with Crippen LogP contribution in [-0.4, -0.2) is 42.4 Å². The molecule has 2 unspecified atom stereocenters. The Balaban J connectivity index is 1.77. The molecule has 0 amide bonds. The Labute approximate surface area is 116 Å². The second-order valence-electron chi connectivity index (χ2n) is 5.81. The first-order chi connectivity index (χ1) is 9.04. The van der Waals surface area contributed by atoms with Gasteiger partial charge in [0, 0.05) is 19.6 Å². The van der Waals surface area contributed by atoms with E-state index in [1.807, 2.05) is 0 Å². The summed E-state index contributed by atoms with van der Waals surface area (Å²) in [6, 6.07) is 6.31. The average Bonchev–Trinajstić information content (AvgIpc) is 2.32. The molecule has 1 fully saturated rings. The van der Waals surface area contributed by atoms with Crippen LogP contribution in [0.2, 0.25) is 0 Å². The van der Waals surface area contributed by atoms with E-state index in [0.29, 0.717) is 12.5 Å². The fraction of sp³-hybridized carbons (Fsp3) is 0.625. The van der Waals surface area contributed by atoms with Crippen molar-refractivity contribution < 1.29 is 9.84 Å². The molecule has 1 aromatic rings. The van der Waals surface area contributed by atoms with Crippen molar-refractivity contribution in [2.45, 2.75) is 33.3 Å². The van der Waals surface area contributed by atoms with Crippen molar-refractivity contribution in [2.75, 3.05) is 26.2 Å². The summed E-state index contributed by atoms with van der Waals surface area (Å²) < 4.78 is 5.83. The summed E-state index contributed by atoms with van der Waals surface area (Å²) in [6.45, 7) is 9.89. The normalized spacial score (nSPS) is 24.4. The summed E-state index contributed by atoms with van der Waals surface area (Å²) >= 11 is 0. The standard InChI is InChI=1S/C16H25NO2/c1-12-8-13(2)10-15(9-12)19-7-6-17-5-4-16(18)14(3)11-17/h8-10,14,16,18H,4-7,11H2,1-3H3. The van der Waals surface area contributed by atoms with E-state index in [2.05, 4.69) is 43.9 Å². The second-order valence-corrected chi connectivity index (χ2v) is 5.81. The average molecular weight is 263 g/mol. The molecule has 1 N–H and O–H groups in total. The molecule has 0 saturated carbocycles. The molecule has 2 atom stereocenters. The van der Waals surface area contributed by atoms with Crippen molar-refractivity contribution in [3.63, 3.8) is 0 Å². The van der Waals surface area contributed by atoms with Crippen molar-refractivity contribution in [3.8, 4) is 5.75 Å². The number of benzene rings is 1. The number of hydrogen-bond acceptors (Lipinski definition) is 3. The minimum absolute atomic E-state index is 0.128. The van der Waals surface area contributed by atoms with Crippen molar-refractivity contribution in [2.24, 2.45) is 5.92 Å². The maximum Gasteiger partial charge on any atom is 0.119 e. The molecule has 1 saturated heterocycles. The molecule has 0 spiro atoms. The molecular weight excluding hydrogens is 238 g/mol. The van der Waals surface area contributed by atoms with Gasteiger partial charge in [0.2, 0.25) is 0 Å². The minimum atomic E-state index is -0.128. The second kappa shape index (κ2) is 6.40. The first-order valence-corrected chi connectivity index (χ1v) is 7.16. The van der Waals surface area contributed by atoms with E-state index in [-0.39, 0.29) is 6.10 Å². The number of ether oxygens (including phenoxy) is 1. The zero-order valence-electron chi connectivity index (χ0n) is 12.2. The lowest BCUT2D eigenvalue weighted by Gasteiger charge is -2.34. The zero-order chi connectivity index (χ0) is 13.8. The van der Waals surface area contributed by atoms with Crippen LogP contribution in [0.4, 0.5) is 0 Å². The van der Waals surface area contributed by atoms with Crippen LogP contribution in [0.1, 0.15) is 24.5 Å². The lowest BCUT2D eigenvalue weighted by atomic mass is 9.97. The summed E-state index contributed by atoms with van der Waals surface area (Å²) in [6.07, 6.45) is 0.752. The highest BCUT2D eigenvalue weighted by Crippen LogP contribution is 2.18. The van der Waals surface area contributed by atoms with Crippen LogP contribution >= 0.6 is 0 Å². The molecule has 1 aromatic carbocycles. The van der Waals surface area contributed by atoms with Crippen LogP contribution < -0.4 is 4.74 Å². The van der Waals surface area contributed by atoms with E-state index in [0.717, 1.165) is 31.8 Å². The summed E-state index contributed by atoms with van der Waals surface area (Å²) in [5.41, 5.74) is 2.48. The Morgan fingerprint density at radius 1 is 1.26 bits per heavy atom. The van der Waals surface area contributed by atoms with Gasteiger partial charge in [-0.25, -0.2) is 0 Å².